The van der Waals surface area contributed by atoms with E-state index in [0.29, 0.717) is 17.5 Å². The quantitative estimate of drug-likeness (QED) is 0.840. The van der Waals surface area contributed by atoms with E-state index in [4.69, 9.17) is 16.3 Å². The van der Waals surface area contributed by atoms with Gasteiger partial charge in [0, 0.05) is 13.1 Å². The molecule has 0 amide bonds. The van der Waals surface area contributed by atoms with E-state index in [0.717, 1.165) is 37.1 Å². The van der Waals surface area contributed by atoms with Crippen molar-refractivity contribution in [1.29, 1.82) is 0 Å². The zero-order chi connectivity index (χ0) is 17.8. The van der Waals surface area contributed by atoms with Crippen LogP contribution in [0.25, 0.3) is 0 Å². The first-order chi connectivity index (χ1) is 12.1. The van der Waals surface area contributed by atoms with Crippen LogP contribution >= 0.6 is 11.6 Å². The number of aliphatic hydroxyl groups is 1. The molecule has 0 spiro atoms. The van der Waals surface area contributed by atoms with Crippen LogP contribution in [0.4, 0.5) is 4.39 Å². The van der Waals surface area contributed by atoms with E-state index >= 15 is 0 Å². The van der Waals surface area contributed by atoms with Crippen LogP contribution in [0.3, 0.4) is 0 Å². The van der Waals surface area contributed by atoms with Crippen LogP contribution in [0.2, 0.25) is 5.02 Å². The first kappa shape index (κ1) is 18.2. The fourth-order valence-corrected chi connectivity index (χ4v) is 3.88. The van der Waals surface area contributed by atoms with Crippen molar-refractivity contribution in [3.05, 3.63) is 63.9 Å². The van der Waals surface area contributed by atoms with Crippen LogP contribution in [-0.2, 0) is 19.6 Å². The highest BCUT2D eigenvalue weighted by Gasteiger charge is 2.23. The van der Waals surface area contributed by atoms with E-state index < -0.39 is 5.82 Å². The van der Waals surface area contributed by atoms with Gasteiger partial charge in [-0.15, -0.1) is 0 Å². The molecule has 0 aliphatic carbocycles. The first-order valence-electron chi connectivity index (χ1n) is 8.52. The zero-order valence-electron chi connectivity index (χ0n) is 14.3. The van der Waals surface area contributed by atoms with Crippen LogP contribution in [0.5, 0.6) is 5.75 Å². The van der Waals surface area contributed by atoms with Crippen LogP contribution in [0.15, 0.2) is 36.4 Å². The average molecular weight is 364 g/mol. The average Bonchev–Trinajstić information content (AvgIpc) is 3.01. The lowest BCUT2D eigenvalue weighted by molar-refractivity contribution is 0.281. The number of likely N-dealkylation sites (tertiary alicyclic amines) is 1. The lowest BCUT2D eigenvalue weighted by atomic mass is 9.97. The van der Waals surface area contributed by atoms with Crippen molar-refractivity contribution in [3.8, 4) is 5.75 Å². The normalized spacial score (nSPS) is 17.8. The standard InChI is InChI=1S/C20H23ClFNO2/c1-25-20-18(21)9-17(10-19(20)22)12-23-6-5-15(11-23)7-14-3-2-4-16(8-14)13-24/h2-4,8-10,15,24H,5-7,11-13H2,1H3/t15-/m1/s1. The molecule has 5 heteroatoms. The molecule has 1 atom stereocenters. The summed E-state index contributed by atoms with van der Waals surface area (Å²) in [5.74, 6) is 0.266. The minimum absolute atomic E-state index is 0.0778. The van der Waals surface area contributed by atoms with Gasteiger partial charge in [0.25, 0.3) is 0 Å². The van der Waals surface area contributed by atoms with E-state index in [1.54, 1.807) is 6.07 Å². The maximum Gasteiger partial charge on any atom is 0.173 e. The number of ether oxygens (including phenoxy) is 1. The van der Waals surface area contributed by atoms with E-state index in [2.05, 4.69) is 17.0 Å². The number of hydrogen-bond donors (Lipinski definition) is 1. The highest BCUT2D eigenvalue weighted by atomic mass is 35.5. The monoisotopic (exact) mass is 363 g/mol. The van der Waals surface area contributed by atoms with Gasteiger partial charge < -0.3 is 9.84 Å². The number of nitrogens with zero attached hydrogens (tertiary/aromatic N) is 1. The van der Waals surface area contributed by atoms with Crippen molar-refractivity contribution < 1.29 is 14.2 Å². The Labute approximate surface area is 153 Å². The Bertz CT molecular complexity index is 714. The summed E-state index contributed by atoms with van der Waals surface area (Å²) in [5, 5.41) is 9.57. The Morgan fingerprint density at radius 3 is 2.76 bits per heavy atom. The molecule has 134 valence electrons. The number of rotatable bonds is 6. The molecule has 0 saturated carbocycles. The molecule has 1 heterocycles. The van der Waals surface area contributed by atoms with Gasteiger partial charge in [-0.2, -0.15) is 0 Å². The van der Waals surface area contributed by atoms with Gasteiger partial charge in [-0.3, -0.25) is 4.90 Å². The van der Waals surface area contributed by atoms with Crippen LogP contribution in [0.1, 0.15) is 23.1 Å². The van der Waals surface area contributed by atoms with Gasteiger partial charge in [0.05, 0.1) is 18.7 Å². The highest BCUT2D eigenvalue weighted by Crippen LogP contribution is 2.30. The lowest BCUT2D eigenvalue weighted by Crippen LogP contribution is -2.20. The summed E-state index contributed by atoms with van der Waals surface area (Å²) in [6.07, 6.45) is 2.12. The molecule has 3 rings (SSSR count). The summed E-state index contributed by atoms with van der Waals surface area (Å²) in [4.78, 5) is 2.33. The molecule has 0 radical (unpaired) electrons. The Morgan fingerprint density at radius 2 is 2.04 bits per heavy atom. The molecule has 2 aromatic rings. The molecule has 1 aliphatic heterocycles. The lowest BCUT2D eigenvalue weighted by Gasteiger charge is -2.17. The first-order valence-corrected chi connectivity index (χ1v) is 8.89. The zero-order valence-corrected chi connectivity index (χ0v) is 15.1. The fraction of sp³-hybridized carbons (Fsp3) is 0.400. The van der Waals surface area contributed by atoms with E-state index in [1.165, 1.54) is 18.7 Å². The number of aliphatic hydroxyl groups excluding tert-OH is 1. The summed E-state index contributed by atoms with van der Waals surface area (Å²) in [6, 6.07) is 11.4. The Morgan fingerprint density at radius 1 is 1.24 bits per heavy atom. The molecule has 25 heavy (non-hydrogen) atoms. The van der Waals surface area contributed by atoms with Gasteiger partial charge in [0.2, 0.25) is 0 Å². The maximum absolute atomic E-state index is 14.0. The van der Waals surface area contributed by atoms with Crippen LogP contribution in [-0.4, -0.2) is 30.2 Å². The summed E-state index contributed by atoms with van der Waals surface area (Å²) in [6.45, 7) is 2.74. The SMILES string of the molecule is COc1c(F)cc(CN2CC[C@H](Cc3cccc(CO)c3)C2)cc1Cl. The van der Waals surface area contributed by atoms with Crippen molar-refractivity contribution in [2.45, 2.75) is 26.0 Å². The van der Waals surface area contributed by atoms with Crippen molar-refractivity contribution in [2.75, 3.05) is 20.2 Å². The second-order valence-electron chi connectivity index (χ2n) is 6.66. The van der Waals surface area contributed by atoms with Crippen LogP contribution < -0.4 is 4.74 Å². The summed E-state index contributed by atoms with van der Waals surface area (Å²) in [7, 11) is 1.42. The third kappa shape index (κ3) is 4.51. The van der Waals surface area contributed by atoms with E-state index in [9.17, 15) is 9.50 Å². The fourth-order valence-electron chi connectivity index (χ4n) is 3.57. The Kier molecular flexibility index (Phi) is 5.94. The smallest absolute Gasteiger partial charge is 0.173 e. The van der Waals surface area contributed by atoms with Gasteiger partial charge >= 0.3 is 0 Å². The predicted octanol–water partition coefficient (Wildman–Crippen LogP) is 4.04. The number of hydrogen-bond acceptors (Lipinski definition) is 3. The molecule has 1 saturated heterocycles. The molecule has 0 aromatic heterocycles. The largest absolute Gasteiger partial charge is 0.492 e. The van der Waals surface area contributed by atoms with Crippen molar-refractivity contribution in [3.63, 3.8) is 0 Å². The molecule has 2 aromatic carbocycles. The van der Waals surface area contributed by atoms with Gasteiger partial charge in [0.15, 0.2) is 11.6 Å². The summed E-state index contributed by atoms with van der Waals surface area (Å²) >= 11 is 6.08. The third-order valence-corrected chi connectivity index (χ3v) is 5.02. The molecular formula is C20H23ClFNO2. The number of benzene rings is 2. The van der Waals surface area contributed by atoms with Crippen molar-refractivity contribution in [2.24, 2.45) is 5.92 Å². The minimum atomic E-state index is -0.415. The minimum Gasteiger partial charge on any atom is -0.492 e. The molecule has 0 unspecified atom stereocenters. The molecule has 0 bridgehead atoms. The molecular weight excluding hydrogens is 341 g/mol. The summed E-state index contributed by atoms with van der Waals surface area (Å²) in [5.41, 5.74) is 3.08. The summed E-state index contributed by atoms with van der Waals surface area (Å²) < 4.78 is 18.9. The molecule has 1 aliphatic rings. The van der Waals surface area contributed by atoms with Crippen LogP contribution in [0, 0.1) is 11.7 Å². The second kappa shape index (κ2) is 8.17. The van der Waals surface area contributed by atoms with Gasteiger partial charge in [0.1, 0.15) is 0 Å². The Hall–Kier alpha value is -1.62. The molecule has 1 N–H and O–H groups in total. The van der Waals surface area contributed by atoms with E-state index in [-0.39, 0.29) is 12.4 Å². The second-order valence-corrected chi connectivity index (χ2v) is 7.07. The van der Waals surface area contributed by atoms with Gasteiger partial charge in [-0.25, -0.2) is 4.39 Å². The predicted molar refractivity (Wildman–Crippen MR) is 97.4 cm³/mol. The van der Waals surface area contributed by atoms with Gasteiger partial charge in [-0.05, 0) is 54.1 Å². The number of halogens is 2. The van der Waals surface area contributed by atoms with E-state index in [1.807, 2.05) is 12.1 Å². The molecule has 1 fully saturated rings. The topological polar surface area (TPSA) is 32.7 Å². The third-order valence-electron chi connectivity index (χ3n) is 4.74. The maximum atomic E-state index is 14.0. The van der Waals surface area contributed by atoms with Gasteiger partial charge in [-0.1, -0.05) is 35.9 Å². The Balaban J connectivity index is 1.59. The highest BCUT2D eigenvalue weighted by molar-refractivity contribution is 6.32. The molecule has 3 nitrogen and oxygen atoms in total. The number of methoxy groups -OCH3 is 1. The van der Waals surface area contributed by atoms with Crippen molar-refractivity contribution >= 4 is 11.6 Å². The van der Waals surface area contributed by atoms with Crippen molar-refractivity contribution in [1.82, 2.24) is 4.90 Å².